The second-order valence-corrected chi connectivity index (χ2v) is 10.9. The molecule has 2 aromatic carbocycles. The summed E-state index contributed by atoms with van der Waals surface area (Å²) in [7, 11) is 1.55. The first-order valence-corrected chi connectivity index (χ1v) is 14.2. The number of halogens is 1. The van der Waals surface area contributed by atoms with Gasteiger partial charge in [-0.1, -0.05) is 6.92 Å². The van der Waals surface area contributed by atoms with Crippen LogP contribution < -0.4 is 14.8 Å². The van der Waals surface area contributed by atoms with E-state index in [4.69, 9.17) is 19.2 Å². The predicted molar refractivity (Wildman–Crippen MR) is 155 cm³/mol. The van der Waals surface area contributed by atoms with E-state index in [0.29, 0.717) is 46.0 Å². The van der Waals surface area contributed by atoms with Crippen molar-refractivity contribution < 1.29 is 23.4 Å². The molecule has 0 aliphatic heterocycles. The molecule has 9 nitrogen and oxygen atoms in total. The summed E-state index contributed by atoms with van der Waals surface area (Å²) in [6.45, 7) is 3.99. The zero-order valence-corrected chi connectivity index (χ0v) is 23.6. The third kappa shape index (κ3) is 5.62. The average molecular weight is 574 g/mol. The van der Waals surface area contributed by atoms with Gasteiger partial charge in [-0.3, -0.25) is 10.3 Å². The van der Waals surface area contributed by atoms with Gasteiger partial charge in [0.1, 0.15) is 17.2 Å². The Morgan fingerprint density at radius 1 is 1.07 bits per heavy atom. The molecule has 6 rings (SSSR count). The fraction of sp³-hybridized carbons (Fsp3) is 0.300. The molecule has 11 heteroatoms. The van der Waals surface area contributed by atoms with Crippen molar-refractivity contribution in [3.8, 4) is 22.2 Å². The first-order valence-electron chi connectivity index (χ1n) is 13.4. The van der Waals surface area contributed by atoms with Crippen LogP contribution in [0.25, 0.3) is 31.8 Å². The fourth-order valence-corrected chi connectivity index (χ4v) is 5.95. The Kier molecular flexibility index (Phi) is 7.36. The van der Waals surface area contributed by atoms with E-state index < -0.39 is 24.1 Å². The number of nitrogens with one attached hydrogen (secondary N) is 1. The molecule has 2 atom stereocenters. The van der Waals surface area contributed by atoms with E-state index >= 15 is 4.39 Å². The summed E-state index contributed by atoms with van der Waals surface area (Å²) >= 11 is 1.42. The highest BCUT2D eigenvalue weighted by molar-refractivity contribution is 7.21. The monoisotopic (exact) mass is 573 g/mol. The van der Waals surface area contributed by atoms with E-state index in [1.807, 2.05) is 32.0 Å². The summed E-state index contributed by atoms with van der Waals surface area (Å²) in [5.74, 6) is 0.00767. The van der Waals surface area contributed by atoms with Crippen LogP contribution in [0.3, 0.4) is 0 Å². The molecule has 210 valence electrons. The second kappa shape index (κ2) is 11.2. The Balaban J connectivity index is 1.21. The van der Waals surface area contributed by atoms with Crippen LogP contribution in [0.2, 0.25) is 0 Å². The average Bonchev–Trinajstić information content (AvgIpc) is 3.58. The van der Waals surface area contributed by atoms with Crippen LogP contribution in [-0.4, -0.2) is 45.3 Å². The molecule has 1 aliphatic carbocycles. The topological polar surface area (TPSA) is 108 Å². The Morgan fingerprint density at radius 3 is 2.71 bits per heavy atom. The molecule has 0 radical (unpaired) electrons. The van der Waals surface area contributed by atoms with E-state index in [-0.39, 0.29) is 5.75 Å². The SMILES string of the molecule is CCc1ccc(NC(=O)O[C@@H]2CCC[C@@H]2Oc2cc3sc(-c4cc(C)cc5nc(OC)cnc45)nc3cc2F)cn1. The Labute approximate surface area is 239 Å². The number of fused-ring (bicyclic) bond motifs is 2. The lowest BCUT2D eigenvalue weighted by atomic mass is 10.1. The molecule has 3 heterocycles. The van der Waals surface area contributed by atoms with E-state index in [0.717, 1.165) is 34.4 Å². The smallest absolute Gasteiger partial charge is 0.412 e. The van der Waals surface area contributed by atoms with Gasteiger partial charge in [0.25, 0.3) is 0 Å². The van der Waals surface area contributed by atoms with Crippen LogP contribution in [0, 0.1) is 12.7 Å². The van der Waals surface area contributed by atoms with E-state index in [2.05, 4.69) is 20.3 Å². The van der Waals surface area contributed by atoms with Gasteiger partial charge in [0.15, 0.2) is 11.6 Å². The van der Waals surface area contributed by atoms with Crippen molar-refractivity contribution in [3.05, 3.63) is 65.9 Å². The number of anilines is 1. The molecule has 5 aromatic rings. The number of carbonyl (C=O) groups excluding carboxylic acids is 1. The Hall–Kier alpha value is -4.38. The molecule has 1 fully saturated rings. The lowest BCUT2D eigenvalue weighted by Gasteiger charge is -2.22. The number of methoxy groups -OCH3 is 1. The highest BCUT2D eigenvalue weighted by Crippen LogP contribution is 2.38. The van der Waals surface area contributed by atoms with Gasteiger partial charge in [0.2, 0.25) is 5.88 Å². The molecule has 41 heavy (non-hydrogen) atoms. The van der Waals surface area contributed by atoms with Gasteiger partial charge in [-0.2, -0.15) is 0 Å². The molecule has 0 unspecified atom stereocenters. The maximum absolute atomic E-state index is 15.2. The number of hydrogen-bond acceptors (Lipinski definition) is 9. The van der Waals surface area contributed by atoms with E-state index in [9.17, 15) is 4.79 Å². The van der Waals surface area contributed by atoms with Crippen LogP contribution in [0.4, 0.5) is 14.9 Å². The molecular weight excluding hydrogens is 545 g/mol. The number of thiazole rings is 1. The lowest BCUT2D eigenvalue weighted by Crippen LogP contribution is -2.32. The summed E-state index contributed by atoms with van der Waals surface area (Å²) in [6.07, 6.45) is 4.50. The number of carbonyl (C=O) groups is 1. The van der Waals surface area contributed by atoms with Crippen molar-refractivity contribution in [3.63, 3.8) is 0 Å². The lowest BCUT2D eigenvalue weighted by molar-refractivity contribution is 0.0401. The van der Waals surface area contributed by atoms with Gasteiger partial charge in [-0.25, -0.2) is 24.1 Å². The minimum atomic E-state index is -0.592. The van der Waals surface area contributed by atoms with Crippen molar-refractivity contribution in [2.24, 2.45) is 0 Å². The molecule has 3 aromatic heterocycles. The molecule has 0 bridgehead atoms. The summed E-state index contributed by atoms with van der Waals surface area (Å²) in [5, 5.41) is 3.40. The molecule has 0 spiro atoms. The normalized spacial score (nSPS) is 16.7. The van der Waals surface area contributed by atoms with Crippen molar-refractivity contribution in [2.75, 3.05) is 12.4 Å². The highest BCUT2D eigenvalue weighted by atomic mass is 32.1. The summed E-state index contributed by atoms with van der Waals surface area (Å²) < 4.78 is 32.9. The largest absolute Gasteiger partial charge is 0.483 e. The minimum Gasteiger partial charge on any atom is -0.483 e. The van der Waals surface area contributed by atoms with Gasteiger partial charge in [-0.15, -0.1) is 11.3 Å². The van der Waals surface area contributed by atoms with Crippen molar-refractivity contribution in [1.29, 1.82) is 0 Å². The molecular formula is C30H28FN5O4S. The number of aryl methyl sites for hydroxylation is 2. The summed E-state index contributed by atoms with van der Waals surface area (Å²) in [5.41, 5.74) is 5.19. The molecule has 1 N–H and O–H groups in total. The zero-order chi connectivity index (χ0) is 28.5. The molecule has 0 saturated heterocycles. The number of benzene rings is 2. The number of rotatable bonds is 7. The maximum atomic E-state index is 15.2. The standard InChI is InChI=1S/C30H28FN5O4S/c1-4-17-8-9-18(14-32-17)34-30(37)40-24-7-5-6-23(24)39-25-13-26-21(12-20(25)31)36-29(41-26)19-10-16(2)11-22-28(19)33-15-27(35-22)38-3/h8-15,23-24H,4-7H2,1-3H3,(H,34,37)/t23-,24+/m0/s1. The van der Waals surface area contributed by atoms with Gasteiger partial charge in [0.05, 0.1) is 46.4 Å². The van der Waals surface area contributed by atoms with Crippen LogP contribution >= 0.6 is 11.3 Å². The number of nitrogens with zero attached hydrogens (tertiary/aromatic N) is 4. The summed E-state index contributed by atoms with van der Waals surface area (Å²) in [6, 6.07) is 10.6. The number of pyridine rings is 1. The number of aromatic nitrogens is 4. The van der Waals surface area contributed by atoms with Crippen LogP contribution in [-0.2, 0) is 11.2 Å². The van der Waals surface area contributed by atoms with Crippen LogP contribution in [0.5, 0.6) is 11.6 Å². The first kappa shape index (κ1) is 26.8. The maximum Gasteiger partial charge on any atom is 0.412 e. The Bertz CT molecular complexity index is 1740. The van der Waals surface area contributed by atoms with Gasteiger partial charge in [-0.05, 0) is 62.4 Å². The third-order valence-corrected chi connectivity index (χ3v) is 8.06. The van der Waals surface area contributed by atoms with Crippen molar-refractivity contribution in [2.45, 2.75) is 51.7 Å². The molecule has 1 saturated carbocycles. The number of amides is 1. The Morgan fingerprint density at radius 2 is 1.93 bits per heavy atom. The van der Waals surface area contributed by atoms with Gasteiger partial charge in [0, 0.05) is 23.4 Å². The predicted octanol–water partition coefficient (Wildman–Crippen LogP) is 6.87. The molecule has 1 aliphatic rings. The number of ether oxygens (including phenoxy) is 3. The van der Waals surface area contributed by atoms with Crippen LogP contribution in [0.1, 0.15) is 37.4 Å². The van der Waals surface area contributed by atoms with Crippen molar-refractivity contribution >= 4 is 44.4 Å². The second-order valence-electron chi connectivity index (χ2n) is 9.91. The third-order valence-electron chi connectivity index (χ3n) is 7.01. The van der Waals surface area contributed by atoms with E-state index in [1.165, 1.54) is 17.4 Å². The number of hydrogen-bond donors (Lipinski definition) is 1. The first-order chi connectivity index (χ1) is 19.9. The van der Waals surface area contributed by atoms with Crippen molar-refractivity contribution in [1.82, 2.24) is 19.9 Å². The van der Waals surface area contributed by atoms with Gasteiger partial charge < -0.3 is 14.2 Å². The zero-order valence-electron chi connectivity index (χ0n) is 22.8. The minimum absolute atomic E-state index is 0.103. The summed E-state index contributed by atoms with van der Waals surface area (Å²) in [4.78, 5) is 30.6. The quantitative estimate of drug-likeness (QED) is 0.225. The highest BCUT2D eigenvalue weighted by Gasteiger charge is 2.33. The van der Waals surface area contributed by atoms with E-state index in [1.54, 1.807) is 31.6 Å². The molecule has 1 amide bonds. The van der Waals surface area contributed by atoms with Crippen LogP contribution in [0.15, 0.2) is 48.8 Å². The fourth-order valence-electron chi connectivity index (χ4n) is 4.96. The van der Waals surface area contributed by atoms with Gasteiger partial charge >= 0.3 is 6.09 Å².